The van der Waals surface area contributed by atoms with Crippen molar-refractivity contribution in [1.82, 2.24) is 5.32 Å². The molecule has 1 aliphatic rings. The second-order valence-electron chi connectivity index (χ2n) is 5.50. The van der Waals surface area contributed by atoms with Crippen molar-refractivity contribution in [2.24, 2.45) is 4.99 Å². The lowest BCUT2D eigenvalue weighted by Crippen LogP contribution is -2.26. The van der Waals surface area contributed by atoms with Gasteiger partial charge in [-0.25, -0.2) is 0 Å². The third-order valence-corrected chi connectivity index (χ3v) is 3.71. The number of nitrogens with one attached hydrogen (secondary N) is 2. The second kappa shape index (κ2) is 8.62. The Morgan fingerprint density at radius 3 is 2.50 bits per heavy atom. The highest BCUT2D eigenvalue weighted by atomic mass is 15.2. The number of rotatable bonds is 8. The van der Waals surface area contributed by atoms with Gasteiger partial charge in [-0.05, 0) is 30.5 Å². The Balaban J connectivity index is 1.66. The van der Waals surface area contributed by atoms with Crippen LogP contribution < -0.4 is 10.6 Å². The third-order valence-electron chi connectivity index (χ3n) is 3.71. The molecular formula is C17H27N3. The van der Waals surface area contributed by atoms with Crippen LogP contribution in [0.2, 0.25) is 0 Å². The predicted molar refractivity (Wildman–Crippen MR) is 87.4 cm³/mol. The fourth-order valence-corrected chi connectivity index (χ4v) is 2.48. The maximum atomic E-state index is 4.33. The summed E-state index contributed by atoms with van der Waals surface area (Å²) in [5, 5.41) is 6.51. The number of nitrogens with zero attached hydrogens (tertiary/aromatic N) is 1. The van der Waals surface area contributed by atoms with Crippen molar-refractivity contribution in [3.8, 4) is 0 Å². The zero-order chi connectivity index (χ0) is 14.0. The molecule has 0 radical (unpaired) electrons. The summed E-state index contributed by atoms with van der Waals surface area (Å²) < 4.78 is 0. The Morgan fingerprint density at radius 2 is 1.80 bits per heavy atom. The third kappa shape index (κ3) is 5.24. The lowest BCUT2D eigenvalue weighted by atomic mass is 10.0. The maximum absolute atomic E-state index is 4.33. The summed E-state index contributed by atoms with van der Waals surface area (Å²) in [5.41, 5.74) is 2.55. The van der Waals surface area contributed by atoms with Gasteiger partial charge in [0.1, 0.15) is 0 Å². The van der Waals surface area contributed by atoms with E-state index in [-0.39, 0.29) is 0 Å². The Kier molecular flexibility index (Phi) is 6.42. The number of benzene rings is 1. The molecule has 0 aliphatic carbocycles. The highest BCUT2D eigenvalue weighted by Crippen LogP contribution is 2.13. The van der Waals surface area contributed by atoms with Crippen molar-refractivity contribution in [3.05, 3.63) is 29.8 Å². The van der Waals surface area contributed by atoms with E-state index in [1.807, 2.05) is 0 Å². The molecule has 0 fully saturated rings. The molecule has 0 unspecified atom stereocenters. The van der Waals surface area contributed by atoms with Crippen LogP contribution in [0.4, 0.5) is 5.69 Å². The highest BCUT2D eigenvalue weighted by Gasteiger charge is 2.04. The molecule has 1 heterocycles. The van der Waals surface area contributed by atoms with E-state index in [9.17, 15) is 0 Å². The van der Waals surface area contributed by atoms with Gasteiger partial charge in [0.15, 0.2) is 5.96 Å². The molecule has 0 amide bonds. The van der Waals surface area contributed by atoms with E-state index in [4.69, 9.17) is 0 Å². The summed E-state index contributed by atoms with van der Waals surface area (Å²) in [7, 11) is 0. The zero-order valence-electron chi connectivity index (χ0n) is 12.6. The molecule has 0 saturated carbocycles. The van der Waals surface area contributed by atoms with Gasteiger partial charge in [-0.3, -0.25) is 4.99 Å². The average molecular weight is 273 g/mol. The summed E-state index contributed by atoms with van der Waals surface area (Å²) in [6, 6.07) is 8.75. The normalized spacial score (nSPS) is 13.9. The molecule has 2 N–H and O–H groups in total. The van der Waals surface area contributed by atoms with E-state index in [2.05, 4.69) is 46.8 Å². The van der Waals surface area contributed by atoms with E-state index in [1.54, 1.807) is 0 Å². The first-order valence-electron chi connectivity index (χ1n) is 8.03. The van der Waals surface area contributed by atoms with E-state index < -0.39 is 0 Å². The highest BCUT2D eigenvalue weighted by molar-refractivity contribution is 5.94. The molecule has 0 saturated heterocycles. The van der Waals surface area contributed by atoms with Gasteiger partial charge in [0, 0.05) is 12.2 Å². The molecule has 0 atom stereocenters. The van der Waals surface area contributed by atoms with Crippen molar-refractivity contribution in [2.75, 3.05) is 18.4 Å². The van der Waals surface area contributed by atoms with Crippen LogP contribution in [-0.2, 0) is 6.42 Å². The standard InChI is InChI=1S/C17H27N3/c1-2-3-4-5-6-7-8-15-9-11-16(12-10-15)20-17-18-13-14-19-17/h9-12H,2-8,13-14H2,1H3,(H2,18,19,20). The lowest BCUT2D eigenvalue weighted by Gasteiger charge is -2.07. The number of hydrogen-bond donors (Lipinski definition) is 2. The number of aryl methyl sites for hydroxylation is 1. The molecule has 0 bridgehead atoms. The van der Waals surface area contributed by atoms with Gasteiger partial charge in [-0.15, -0.1) is 0 Å². The average Bonchev–Trinajstić information content (AvgIpc) is 2.97. The molecule has 110 valence electrons. The first kappa shape index (κ1) is 14.9. The Labute approximate surface area is 122 Å². The van der Waals surface area contributed by atoms with Gasteiger partial charge in [0.25, 0.3) is 0 Å². The molecule has 0 aromatic heterocycles. The van der Waals surface area contributed by atoms with Crippen LogP contribution in [0.3, 0.4) is 0 Å². The topological polar surface area (TPSA) is 36.4 Å². The Hall–Kier alpha value is -1.51. The van der Waals surface area contributed by atoms with Gasteiger partial charge < -0.3 is 10.6 Å². The van der Waals surface area contributed by atoms with Crippen LogP contribution in [0.25, 0.3) is 0 Å². The van der Waals surface area contributed by atoms with E-state index in [0.29, 0.717) is 0 Å². The van der Waals surface area contributed by atoms with E-state index >= 15 is 0 Å². The van der Waals surface area contributed by atoms with Crippen LogP contribution in [-0.4, -0.2) is 19.0 Å². The van der Waals surface area contributed by atoms with Crippen molar-refractivity contribution < 1.29 is 0 Å². The van der Waals surface area contributed by atoms with Crippen LogP contribution >= 0.6 is 0 Å². The predicted octanol–water partition coefficient (Wildman–Crippen LogP) is 3.96. The molecule has 3 heteroatoms. The number of hydrogen-bond acceptors (Lipinski definition) is 3. The van der Waals surface area contributed by atoms with Gasteiger partial charge in [0.2, 0.25) is 0 Å². The van der Waals surface area contributed by atoms with Gasteiger partial charge in [-0.2, -0.15) is 0 Å². The van der Waals surface area contributed by atoms with Crippen LogP contribution in [0.5, 0.6) is 0 Å². The SMILES string of the molecule is CCCCCCCCc1ccc(NC2=NCCN2)cc1. The minimum atomic E-state index is 0.873. The molecule has 20 heavy (non-hydrogen) atoms. The molecule has 2 rings (SSSR count). The van der Waals surface area contributed by atoms with Crippen molar-refractivity contribution in [3.63, 3.8) is 0 Å². The Bertz CT molecular complexity index is 409. The molecule has 0 spiro atoms. The van der Waals surface area contributed by atoms with Gasteiger partial charge in [0.05, 0.1) is 6.54 Å². The Morgan fingerprint density at radius 1 is 1.05 bits per heavy atom. The van der Waals surface area contributed by atoms with Crippen molar-refractivity contribution in [1.29, 1.82) is 0 Å². The summed E-state index contributed by atoms with van der Waals surface area (Å²) in [5.74, 6) is 0.897. The molecule has 1 aromatic carbocycles. The first-order valence-corrected chi connectivity index (χ1v) is 8.03. The minimum Gasteiger partial charge on any atom is -0.354 e. The number of unbranched alkanes of at least 4 members (excludes halogenated alkanes) is 5. The van der Waals surface area contributed by atoms with Crippen LogP contribution in [0.15, 0.2) is 29.3 Å². The second-order valence-corrected chi connectivity index (χ2v) is 5.50. The summed E-state index contributed by atoms with van der Waals surface area (Å²) >= 11 is 0. The maximum Gasteiger partial charge on any atom is 0.195 e. The lowest BCUT2D eigenvalue weighted by molar-refractivity contribution is 0.607. The summed E-state index contributed by atoms with van der Waals surface area (Å²) in [6.07, 6.45) is 9.37. The number of aliphatic imine (C=N–C) groups is 1. The molecule has 1 aromatic rings. The fourth-order valence-electron chi connectivity index (χ4n) is 2.48. The van der Waals surface area contributed by atoms with Crippen molar-refractivity contribution >= 4 is 11.6 Å². The fraction of sp³-hybridized carbons (Fsp3) is 0.588. The minimum absolute atomic E-state index is 0.873. The smallest absolute Gasteiger partial charge is 0.195 e. The molecular weight excluding hydrogens is 246 g/mol. The summed E-state index contributed by atoms with van der Waals surface area (Å²) in [6.45, 7) is 4.08. The number of anilines is 1. The quantitative estimate of drug-likeness (QED) is 0.703. The largest absolute Gasteiger partial charge is 0.354 e. The summed E-state index contributed by atoms with van der Waals surface area (Å²) in [4.78, 5) is 4.33. The van der Waals surface area contributed by atoms with E-state index in [1.165, 1.54) is 50.5 Å². The first-order chi connectivity index (χ1) is 9.88. The van der Waals surface area contributed by atoms with Gasteiger partial charge in [-0.1, -0.05) is 51.2 Å². The molecule has 1 aliphatic heterocycles. The monoisotopic (exact) mass is 273 g/mol. The molecule has 3 nitrogen and oxygen atoms in total. The zero-order valence-corrected chi connectivity index (χ0v) is 12.6. The van der Waals surface area contributed by atoms with E-state index in [0.717, 1.165) is 24.7 Å². The van der Waals surface area contributed by atoms with Crippen molar-refractivity contribution in [2.45, 2.75) is 51.9 Å². The van der Waals surface area contributed by atoms with Crippen LogP contribution in [0, 0.1) is 0 Å². The van der Waals surface area contributed by atoms with Gasteiger partial charge >= 0.3 is 0 Å². The number of guanidine groups is 1. The van der Waals surface area contributed by atoms with Crippen LogP contribution in [0.1, 0.15) is 51.0 Å².